The highest BCUT2D eigenvalue weighted by Gasteiger charge is 2.25. The Bertz CT molecular complexity index is 854. The largest absolute Gasteiger partial charge is 0.464 e. The van der Waals surface area contributed by atoms with E-state index in [1.165, 1.54) is 31.5 Å². The molecule has 0 unspecified atom stereocenters. The van der Waals surface area contributed by atoms with E-state index in [-0.39, 0.29) is 23.3 Å². The Labute approximate surface area is 167 Å². The van der Waals surface area contributed by atoms with Crippen molar-refractivity contribution in [3.05, 3.63) is 58.6 Å². The van der Waals surface area contributed by atoms with Crippen molar-refractivity contribution in [3.8, 4) is 0 Å². The summed E-state index contributed by atoms with van der Waals surface area (Å²) in [6.07, 6.45) is 4.54. The van der Waals surface area contributed by atoms with Crippen molar-refractivity contribution in [1.82, 2.24) is 9.88 Å². The molecule has 8 heteroatoms. The number of nitrogens with zero attached hydrogens (tertiary/aromatic N) is 3. The Kier molecular flexibility index (Phi) is 6.46. The molecule has 1 aliphatic rings. The van der Waals surface area contributed by atoms with E-state index >= 15 is 0 Å². The number of pyridine rings is 1. The number of carbonyl (C=O) groups is 2. The van der Waals surface area contributed by atoms with Crippen molar-refractivity contribution in [1.29, 1.82) is 0 Å². The second kappa shape index (κ2) is 9.01. The average Bonchev–Trinajstić information content (AvgIpc) is 2.74. The maximum Gasteiger partial charge on any atom is 0.356 e. The molecule has 0 radical (unpaired) electrons. The molecule has 0 aliphatic carbocycles. The van der Waals surface area contributed by atoms with Gasteiger partial charge in [0.25, 0.3) is 0 Å². The molecule has 2 heterocycles. The van der Waals surface area contributed by atoms with Crippen molar-refractivity contribution >= 4 is 29.3 Å². The van der Waals surface area contributed by atoms with Gasteiger partial charge in [0.15, 0.2) is 0 Å². The lowest BCUT2D eigenvalue weighted by Gasteiger charge is -2.33. The number of benzene rings is 1. The van der Waals surface area contributed by atoms with Crippen LogP contribution in [-0.4, -0.2) is 42.1 Å². The summed E-state index contributed by atoms with van der Waals surface area (Å²) < 4.78 is 18.2. The van der Waals surface area contributed by atoms with Crippen LogP contribution in [0.5, 0.6) is 0 Å². The molecule has 0 spiro atoms. The quantitative estimate of drug-likeness (QED) is 0.712. The van der Waals surface area contributed by atoms with E-state index in [2.05, 4.69) is 9.72 Å². The number of likely N-dealkylation sites (tertiary alicyclic amines) is 1. The Balaban J connectivity index is 1.87. The second-order valence-corrected chi connectivity index (χ2v) is 6.97. The summed E-state index contributed by atoms with van der Waals surface area (Å²) in [6.45, 7) is 1.58. The fourth-order valence-corrected chi connectivity index (χ4v) is 3.28. The van der Waals surface area contributed by atoms with E-state index in [0.29, 0.717) is 18.8 Å². The van der Waals surface area contributed by atoms with Gasteiger partial charge in [0.1, 0.15) is 11.5 Å². The number of rotatable bonds is 4. The molecule has 6 nitrogen and oxygen atoms in total. The van der Waals surface area contributed by atoms with Gasteiger partial charge in [0, 0.05) is 25.0 Å². The fourth-order valence-electron chi connectivity index (χ4n) is 3.10. The highest BCUT2D eigenvalue weighted by atomic mass is 35.5. The number of amides is 2. The topological polar surface area (TPSA) is 62.7 Å². The number of piperidine rings is 1. The number of carbonyl (C=O) groups excluding carboxylic acids is 2. The van der Waals surface area contributed by atoms with Gasteiger partial charge in [-0.1, -0.05) is 17.7 Å². The fraction of sp³-hybridized carbons (Fsp3) is 0.350. The first-order valence-electron chi connectivity index (χ1n) is 9.04. The summed E-state index contributed by atoms with van der Waals surface area (Å²) in [5, 5.41) is -0.0480. The lowest BCUT2D eigenvalue weighted by Crippen LogP contribution is -2.45. The zero-order valence-electron chi connectivity index (χ0n) is 15.5. The molecule has 1 aromatic heterocycles. The number of halogens is 2. The molecule has 0 saturated carbocycles. The monoisotopic (exact) mass is 405 g/mol. The van der Waals surface area contributed by atoms with Gasteiger partial charge in [0.05, 0.1) is 18.7 Å². The minimum atomic E-state index is -0.542. The molecule has 3 rings (SSSR count). The Morgan fingerprint density at radius 1 is 1.21 bits per heavy atom. The SMILES string of the molecule is COC(=O)c1ccc(CN(C(=O)N2CCCCC2)c2ccc(F)c(Cl)c2)cn1. The van der Waals surface area contributed by atoms with E-state index in [1.54, 1.807) is 21.9 Å². The number of aromatic nitrogens is 1. The van der Waals surface area contributed by atoms with Gasteiger partial charge in [-0.2, -0.15) is 0 Å². The first-order valence-corrected chi connectivity index (χ1v) is 9.42. The Hall–Kier alpha value is -2.67. The van der Waals surface area contributed by atoms with Gasteiger partial charge in [-0.25, -0.2) is 19.0 Å². The minimum absolute atomic E-state index is 0.0480. The summed E-state index contributed by atoms with van der Waals surface area (Å²) in [5.74, 6) is -1.07. The van der Waals surface area contributed by atoms with Crippen LogP contribution in [0.4, 0.5) is 14.9 Å². The molecular weight excluding hydrogens is 385 g/mol. The Morgan fingerprint density at radius 3 is 2.57 bits per heavy atom. The maximum atomic E-state index is 13.6. The van der Waals surface area contributed by atoms with Crippen LogP contribution in [0.15, 0.2) is 36.5 Å². The van der Waals surface area contributed by atoms with E-state index < -0.39 is 11.8 Å². The molecule has 1 aromatic carbocycles. The Morgan fingerprint density at radius 2 is 1.96 bits per heavy atom. The first kappa shape index (κ1) is 20.1. The molecular formula is C20H21ClFN3O3. The second-order valence-electron chi connectivity index (χ2n) is 6.56. The minimum Gasteiger partial charge on any atom is -0.464 e. The number of esters is 1. The number of anilines is 1. The van der Waals surface area contributed by atoms with Crippen LogP contribution < -0.4 is 4.90 Å². The van der Waals surface area contributed by atoms with Gasteiger partial charge in [-0.3, -0.25) is 4.90 Å². The van der Waals surface area contributed by atoms with Crippen molar-refractivity contribution in [2.45, 2.75) is 25.8 Å². The van der Waals surface area contributed by atoms with E-state index in [9.17, 15) is 14.0 Å². The molecule has 0 bridgehead atoms. The van der Waals surface area contributed by atoms with Crippen LogP contribution in [0.1, 0.15) is 35.3 Å². The number of methoxy groups -OCH3 is 1. The normalized spacial score (nSPS) is 13.9. The van der Waals surface area contributed by atoms with Crippen LogP contribution in [0.2, 0.25) is 5.02 Å². The standard InChI is InChI=1S/C20H21ClFN3O3/c1-28-19(26)18-8-5-14(12-23-18)13-25(15-6-7-17(22)16(21)11-15)20(27)24-9-3-2-4-10-24/h5-8,11-12H,2-4,9-10,13H2,1H3. The smallest absolute Gasteiger partial charge is 0.356 e. The summed E-state index contributed by atoms with van der Waals surface area (Å²) in [4.78, 5) is 32.1. The molecule has 1 saturated heterocycles. The number of hydrogen-bond donors (Lipinski definition) is 0. The third-order valence-electron chi connectivity index (χ3n) is 4.63. The lowest BCUT2D eigenvalue weighted by molar-refractivity contribution is 0.0594. The summed E-state index contributed by atoms with van der Waals surface area (Å²) in [7, 11) is 1.29. The molecule has 1 aliphatic heterocycles. The predicted molar refractivity (Wildman–Crippen MR) is 104 cm³/mol. The number of hydrogen-bond acceptors (Lipinski definition) is 4. The predicted octanol–water partition coefficient (Wildman–Crippen LogP) is 4.27. The van der Waals surface area contributed by atoms with Gasteiger partial charge in [0.2, 0.25) is 0 Å². The van der Waals surface area contributed by atoms with Gasteiger partial charge < -0.3 is 9.64 Å². The van der Waals surface area contributed by atoms with Gasteiger partial charge in [-0.05, 0) is 49.1 Å². The summed E-state index contributed by atoms with van der Waals surface area (Å²) in [6, 6.07) is 7.30. The van der Waals surface area contributed by atoms with Gasteiger partial charge >= 0.3 is 12.0 Å². The number of urea groups is 1. The highest BCUT2D eigenvalue weighted by Crippen LogP contribution is 2.26. The summed E-state index contributed by atoms with van der Waals surface area (Å²) in [5.41, 5.74) is 1.41. The highest BCUT2D eigenvalue weighted by molar-refractivity contribution is 6.31. The van der Waals surface area contributed by atoms with Crippen LogP contribution >= 0.6 is 11.6 Å². The van der Waals surface area contributed by atoms with Crippen molar-refractivity contribution in [3.63, 3.8) is 0 Å². The molecule has 0 N–H and O–H groups in total. The zero-order valence-corrected chi connectivity index (χ0v) is 16.3. The molecule has 1 fully saturated rings. The summed E-state index contributed by atoms with van der Waals surface area (Å²) >= 11 is 5.93. The van der Waals surface area contributed by atoms with Crippen molar-refractivity contribution in [2.24, 2.45) is 0 Å². The van der Waals surface area contributed by atoms with E-state index in [4.69, 9.17) is 11.6 Å². The van der Waals surface area contributed by atoms with Crippen LogP contribution in [-0.2, 0) is 11.3 Å². The molecule has 28 heavy (non-hydrogen) atoms. The molecule has 0 atom stereocenters. The van der Waals surface area contributed by atoms with E-state index in [1.807, 2.05) is 0 Å². The van der Waals surface area contributed by atoms with Crippen LogP contribution in [0.3, 0.4) is 0 Å². The van der Waals surface area contributed by atoms with Gasteiger partial charge in [-0.15, -0.1) is 0 Å². The third kappa shape index (κ3) is 4.59. The van der Waals surface area contributed by atoms with Crippen molar-refractivity contribution < 1.29 is 18.7 Å². The number of ether oxygens (including phenoxy) is 1. The average molecular weight is 406 g/mol. The van der Waals surface area contributed by atoms with Crippen LogP contribution in [0, 0.1) is 5.82 Å². The first-order chi connectivity index (χ1) is 13.5. The zero-order chi connectivity index (χ0) is 20.1. The van der Waals surface area contributed by atoms with Crippen LogP contribution in [0.25, 0.3) is 0 Å². The molecule has 148 valence electrons. The molecule has 2 amide bonds. The maximum absolute atomic E-state index is 13.6. The molecule has 2 aromatic rings. The third-order valence-corrected chi connectivity index (χ3v) is 4.92. The van der Waals surface area contributed by atoms with E-state index in [0.717, 1.165) is 24.8 Å². The lowest BCUT2D eigenvalue weighted by atomic mass is 10.1. The van der Waals surface area contributed by atoms with Crippen molar-refractivity contribution in [2.75, 3.05) is 25.1 Å².